The molecule has 1 unspecified atom stereocenters. The van der Waals surface area contributed by atoms with Crippen molar-refractivity contribution in [2.45, 2.75) is 39.8 Å². The lowest BCUT2D eigenvalue weighted by Gasteiger charge is -2.13. The molecule has 0 fully saturated rings. The first-order valence-electron chi connectivity index (χ1n) is 6.80. The SMILES string of the molecule is Cc1sc(=O)n(CC(=O)NC(C)Cc2cnn(C)c2)c1C. The van der Waals surface area contributed by atoms with Gasteiger partial charge < -0.3 is 5.32 Å². The molecule has 0 aliphatic heterocycles. The third-order valence-electron chi connectivity index (χ3n) is 3.38. The van der Waals surface area contributed by atoms with Crippen LogP contribution in [0.4, 0.5) is 0 Å². The van der Waals surface area contributed by atoms with Crippen LogP contribution in [0.15, 0.2) is 17.2 Å². The van der Waals surface area contributed by atoms with Crippen molar-refractivity contribution in [2.24, 2.45) is 7.05 Å². The van der Waals surface area contributed by atoms with Gasteiger partial charge in [-0.3, -0.25) is 18.8 Å². The van der Waals surface area contributed by atoms with Gasteiger partial charge in [0.05, 0.1) is 6.20 Å². The number of rotatable bonds is 5. The predicted molar refractivity (Wildman–Crippen MR) is 82.6 cm³/mol. The minimum absolute atomic E-state index is 0.00237. The summed E-state index contributed by atoms with van der Waals surface area (Å²) in [7, 11) is 1.86. The molecule has 0 saturated carbocycles. The van der Waals surface area contributed by atoms with Crippen LogP contribution in [0, 0.1) is 13.8 Å². The Labute approximate surface area is 127 Å². The Hall–Kier alpha value is -1.89. The zero-order valence-electron chi connectivity index (χ0n) is 12.7. The number of aromatic nitrogens is 3. The van der Waals surface area contributed by atoms with Gasteiger partial charge in [0.15, 0.2) is 0 Å². The highest BCUT2D eigenvalue weighted by Gasteiger charge is 2.13. The van der Waals surface area contributed by atoms with E-state index in [9.17, 15) is 9.59 Å². The van der Waals surface area contributed by atoms with Crippen LogP contribution in [0.1, 0.15) is 23.1 Å². The van der Waals surface area contributed by atoms with E-state index in [2.05, 4.69) is 10.4 Å². The van der Waals surface area contributed by atoms with Crippen molar-refractivity contribution >= 4 is 17.2 Å². The topological polar surface area (TPSA) is 68.9 Å². The minimum Gasteiger partial charge on any atom is -0.352 e. The summed E-state index contributed by atoms with van der Waals surface area (Å²) in [5.74, 6) is -0.144. The van der Waals surface area contributed by atoms with Gasteiger partial charge in [0.2, 0.25) is 5.91 Å². The van der Waals surface area contributed by atoms with Gasteiger partial charge >= 0.3 is 4.87 Å². The van der Waals surface area contributed by atoms with Crippen LogP contribution < -0.4 is 10.2 Å². The van der Waals surface area contributed by atoms with Gasteiger partial charge in [-0.25, -0.2) is 0 Å². The van der Waals surface area contributed by atoms with Gasteiger partial charge in [0.25, 0.3) is 0 Å². The molecule has 0 bridgehead atoms. The van der Waals surface area contributed by atoms with E-state index in [1.165, 1.54) is 15.9 Å². The Morgan fingerprint density at radius 3 is 2.71 bits per heavy atom. The molecule has 1 amide bonds. The molecule has 2 aromatic rings. The Morgan fingerprint density at radius 2 is 2.19 bits per heavy atom. The standard InChI is InChI=1S/C14H20N4O2S/c1-9(5-12-6-15-17(4)7-12)16-13(19)8-18-10(2)11(3)21-14(18)20/h6-7,9H,5,8H2,1-4H3,(H,16,19). The van der Waals surface area contributed by atoms with E-state index in [4.69, 9.17) is 0 Å². The zero-order chi connectivity index (χ0) is 15.6. The first kappa shape index (κ1) is 15.5. The Morgan fingerprint density at radius 1 is 1.48 bits per heavy atom. The lowest BCUT2D eigenvalue weighted by atomic mass is 10.1. The number of carbonyl (C=O) groups excluding carboxylic acids is 1. The van der Waals surface area contributed by atoms with E-state index in [1.54, 1.807) is 10.9 Å². The summed E-state index contributed by atoms with van der Waals surface area (Å²) >= 11 is 1.18. The average Bonchev–Trinajstić information content (AvgIpc) is 2.88. The van der Waals surface area contributed by atoms with E-state index in [0.29, 0.717) is 0 Å². The van der Waals surface area contributed by atoms with Gasteiger partial charge in [-0.2, -0.15) is 5.10 Å². The maximum Gasteiger partial charge on any atom is 0.308 e. The van der Waals surface area contributed by atoms with E-state index >= 15 is 0 Å². The quantitative estimate of drug-likeness (QED) is 0.896. The molecule has 0 spiro atoms. The Balaban J connectivity index is 1.93. The second kappa shape index (κ2) is 6.26. The lowest BCUT2D eigenvalue weighted by Crippen LogP contribution is -2.38. The summed E-state index contributed by atoms with van der Waals surface area (Å²) in [6.45, 7) is 5.77. The van der Waals surface area contributed by atoms with Gasteiger partial charge in [-0.15, -0.1) is 0 Å². The van der Waals surface area contributed by atoms with E-state index in [-0.39, 0.29) is 23.4 Å². The molecule has 2 heterocycles. The summed E-state index contributed by atoms with van der Waals surface area (Å²) in [5.41, 5.74) is 1.94. The number of hydrogen-bond acceptors (Lipinski definition) is 4. The van der Waals surface area contributed by atoms with Gasteiger partial charge in [-0.1, -0.05) is 11.3 Å². The molecular formula is C14H20N4O2S. The first-order valence-corrected chi connectivity index (χ1v) is 7.62. The van der Waals surface area contributed by atoms with Crippen molar-refractivity contribution in [3.05, 3.63) is 38.2 Å². The predicted octanol–water partition coefficient (Wildman–Crippen LogP) is 1.01. The maximum absolute atomic E-state index is 12.0. The summed E-state index contributed by atoms with van der Waals surface area (Å²) in [5, 5.41) is 7.02. The Kier molecular flexibility index (Phi) is 4.62. The van der Waals surface area contributed by atoms with Crippen LogP contribution in [0.25, 0.3) is 0 Å². The number of carbonyl (C=O) groups is 1. The summed E-state index contributed by atoms with van der Waals surface area (Å²) < 4.78 is 3.26. The van der Waals surface area contributed by atoms with Crippen molar-refractivity contribution in [2.75, 3.05) is 0 Å². The number of thiazole rings is 1. The fourth-order valence-electron chi connectivity index (χ4n) is 2.22. The fraction of sp³-hybridized carbons (Fsp3) is 0.500. The highest BCUT2D eigenvalue weighted by Crippen LogP contribution is 2.09. The van der Waals surface area contributed by atoms with Crippen LogP contribution in [-0.4, -0.2) is 26.3 Å². The van der Waals surface area contributed by atoms with Gasteiger partial charge in [-0.05, 0) is 32.8 Å². The molecular weight excluding hydrogens is 288 g/mol. The smallest absolute Gasteiger partial charge is 0.308 e. The highest BCUT2D eigenvalue weighted by molar-refractivity contribution is 7.09. The molecule has 0 radical (unpaired) electrons. The molecule has 1 atom stereocenters. The molecule has 7 heteroatoms. The molecule has 0 aromatic carbocycles. The van der Waals surface area contributed by atoms with Gasteiger partial charge in [0, 0.05) is 29.9 Å². The van der Waals surface area contributed by atoms with Crippen LogP contribution >= 0.6 is 11.3 Å². The average molecular weight is 308 g/mol. The molecule has 0 aliphatic carbocycles. The van der Waals surface area contributed by atoms with E-state index in [1.807, 2.05) is 34.0 Å². The number of amides is 1. The number of nitrogens with zero attached hydrogens (tertiary/aromatic N) is 3. The summed E-state index contributed by atoms with van der Waals surface area (Å²) in [6.07, 6.45) is 4.44. The first-order chi connectivity index (χ1) is 9.86. The molecule has 0 saturated heterocycles. The van der Waals surface area contributed by atoms with Crippen LogP contribution in [0.2, 0.25) is 0 Å². The van der Waals surface area contributed by atoms with Crippen LogP contribution in [0.3, 0.4) is 0 Å². The van der Waals surface area contributed by atoms with Crippen molar-refractivity contribution < 1.29 is 4.79 Å². The summed E-state index contributed by atoms with van der Waals surface area (Å²) in [4.78, 5) is 24.7. The highest BCUT2D eigenvalue weighted by atomic mass is 32.1. The normalized spacial score (nSPS) is 12.4. The molecule has 2 rings (SSSR count). The third kappa shape index (κ3) is 3.81. The number of hydrogen-bond donors (Lipinski definition) is 1. The Bertz CT molecular complexity index is 698. The molecule has 0 aliphatic rings. The monoisotopic (exact) mass is 308 g/mol. The van der Waals surface area contributed by atoms with E-state index in [0.717, 1.165) is 22.6 Å². The molecule has 2 aromatic heterocycles. The third-order valence-corrected chi connectivity index (χ3v) is 4.38. The van der Waals surface area contributed by atoms with Gasteiger partial charge in [0.1, 0.15) is 6.54 Å². The fourth-order valence-corrected chi connectivity index (χ4v) is 3.05. The van der Waals surface area contributed by atoms with Crippen molar-refractivity contribution in [1.29, 1.82) is 0 Å². The van der Waals surface area contributed by atoms with Crippen molar-refractivity contribution in [3.63, 3.8) is 0 Å². The van der Waals surface area contributed by atoms with Crippen LogP contribution in [0.5, 0.6) is 0 Å². The molecule has 1 N–H and O–H groups in total. The zero-order valence-corrected chi connectivity index (χ0v) is 13.5. The number of nitrogens with one attached hydrogen (secondary N) is 1. The largest absolute Gasteiger partial charge is 0.352 e. The minimum atomic E-state index is -0.144. The molecule has 114 valence electrons. The van der Waals surface area contributed by atoms with Crippen molar-refractivity contribution in [3.8, 4) is 0 Å². The maximum atomic E-state index is 12.0. The second-order valence-corrected chi connectivity index (χ2v) is 6.46. The van der Waals surface area contributed by atoms with Crippen LogP contribution in [-0.2, 0) is 24.8 Å². The molecule has 21 heavy (non-hydrogen) atoms. The molecule has 6 nitrogen and oxygen atoms in total. The van der Waals surface area contributed by atoms with E-state index < -0.39 is 0 Å². The summed E-state index contributed by atoms with van der Waals surface area (Å²) in [6, 6.07) is -0.00237. The second-order valence-electron chi connectivity index (χ2n) is 5.29. The lowest BCUT2D eigenvalue weighted by molar-refractivity contribution is -0.122. The number of aryl methyl sites for hydroxylation is 2. The van der Waals surface area contributed by atoms with Crippen molar-refractivity contribution in [1.82, 2.24) is 19.7 Å².